The molecule has 4 aromatic rings. The summed E-state index contributed by atoms with van der Waals surface area (Å²) in [5.41, 5.74) is 5.64. The molecule has 0 aliphatic carbocycles. The van der Waals surface area contributed by atoms with Crippen LogP contribution in [-0.2, 0) is 16.1 Å². The van der Waals surface area contributed by atoms with Crippen LogP contribution < -0.4 is 10.2 Å². The zero-order valence-corrected chi connectivity index (χ0v) is 24.0. The monoisotopic (exact) mass is 589 g/mol. The van der Waals surface area contributed by atoms with Gasteiger partial charge in [0, 0.05) is 56.0 Å². The fourth-order valence-electron chi connectivity index (χ4n) is 6.20. The van der Waals surface area contributed by atoms with E-state index in [1.807, 2.05) is 59.6 Å². The van der Waals surface area contributed by atoms with Crippen LogP contribution in [0.25, 0.3) is 11.3 Å². The molecule has 222 valence electrons. The van der Waals surface area contributed by atoms with Crippen LogP contribution in [0.2, 0.25) is 0 Å². The van der Waals surface area contributed by atoms with Crippen molar-refractivity contribution in [2.45, 2.75) is 38.1 Å². The third kappa shape index (κ3) is 5.32. The van der Waals surface area contributed by atoms with Gasteiger partial charge >= 0.3 is 0 Å². The first-order valence-electron chi connectivity index (χ1n) is 14.9. The number of fused-ring (bicyclic) bond motifs is 1. The maximum Gasteiger partial charge on any atom is 0.269 e. The quantitative estimate of drug-likeness (QED) is 0.157. The summed E-state index contributed by atoms with van der Waals surface area (Å²) in [7, 11) is 0. The third-order valence-electron chi connectivity index (χ3n) is 8.54. The molecule has 2 amide bonds. The average molecular weight is 590 g/mol. The van der Waals surface area contributed by atoms with E-state index in [0.717, 1.165) is 48.8 Å². The van der Waals surface area contributed by atoms with Crippen LogP contribution in [0.5, 0.6) is 0 Å². The molecule has 0 radical (unpaired) electrons. The number of likely N-dealkylation sites (tertiary alicyclic amines) is 1. The number of rotatable bonds is 8. The Morgan fingerprint density at radius 2 is 1.75 bits per heavy atom. The molecule has 0 spiro atoms. The number of hydrogen-bond acceptors (Lipinski definition) is 7. The zero-order valence-electron chi connectivity index (χ0n) is 24.0. The summed E-state index contributed by atoms with van der Waals surface area (Å²) in [6, 6.07) is 19.8. The van der Waals surface area contributed by atoms with Gasteiger partial charge in [-0.15, -0.1) is 0 Å². The highest BCUT2D eigenvalue weighted by atomic mass is 16.6. The Labute approximate surface area is 253 Å². The minimum absolute atomic E-state index is 0.0903. The van der Waals surface area contributed by atoms with E-state index in [0.29, 0.717) is 41.2 Å². The number of H-pyrrole nitrogens is 1. The van der Waals surface area contributed by atoms with Crippen molar-refractivity contribution in [2.75, 3.05) is 29.9 Å². The van der Waals surface area contributed by atoms with Crippen LogP contribution in [0.3, 0.4) is 0 Å². The molecule has 1 unspecified atom stereocenters. The lowest BCUT2D eigenvalue weighted by Crippen LogP contribution is -2.24. The molecule has 4 heterocycles. The lowest BCUT2D eigenvalue weighted by atomic mass is 9.90. The molecule has 44 heavy (non-hydrogen) atoms. The number of aromatic amines is 1. The van der Waals surface area contributed by atoms with Gasteiger partial charge in [-0.2, -0.15) is 0 Å². The molecule has 7 rings (SSSR count). The molecule has 1 aromatic heterocycles. The number of hydrogen-bond donors (Lipinski definition) is 2. The standard InChI is InChI=1S/C33H31N7O4/c41-29-4-3-17-39(29)20-21-5-7-23(8-6-21)31(30-26-18-25(40(43)44)13-14-27(26)36-32(30)42)35-24-11-9-22(10-12-24)28-19-34-33(37-28)38-15-1-2-16-38/h5-14,18-19,30H,1-4,15-17,20H2,(H,34,37)(H,36,42). The van der Waals surface area contributed by atoms with Gasteiger partial charge in [-0.3, -0.25) is 24.7 Å². The molecule has 0 saturated carbocycles. The molecule has 3 aliphatic heterocycles. The summed E-state index contributed by atoms with van der Waals surface area (Å²) < 4.78 is 0. The lowest BCUT2D eigenvalue weighted by molar-refractivity contribution is -0.384. The summed E-state index contributed by atoms with van der Waals surface area (Å²) in [6.07, 6.45) is 5.62. The van der Waals surface area contributed by atoms with Crippen molar-refractivity contribution in [2.24, 2.45) is 4.99 Å². The number of non-ortho nitro benzene ring substituents is 1. The Hall–Kier alpha value is -5.32. The van der Waals surface area contributed by atoms with E-state index in [9.17, 15) is 19.7 Å². The number of aromatic nitrogens is 2. The largest absolute Gasteiger partial charge is 0.342 e. The van der Waals surface area contributed by atoms with Gasteiger partial charge in [-0.25, -0.2) is 4.98 Å². The zero-order chi connectivity index (χ0) is 30.2. The highest BCUT2D eigenvalue weighted by Crippen LogP contribution is 2.38. The highest BCUT2D eigenvalue weighted by molar-refractivity contribution is 6.24. The number of benzene rings is 3. The maximum absolute atomic E-state index is 13.4. The predicted octanol–water partition coefficient (Wildman–Crippen LogP) is 5.56. The number of carbonyl (C=O) groups excluding carboxylic acids is 2. The number of carbonyl (C=O) groups is 2. The van der Waals surface area contributed by atoms with Gasteiger partial charge in [-0.1, -0.05) is 36.4 Å². The van der Waals surface area contributed by atoms with Crippen molar-refractivity contribution < 1.29 is 14.5 Å². The number of anilines is 2. The van der Waals surface area contributed by atoms with E-state index in [4.69, 9.17) is 4.99 Å². The van der Waals surface area contributed by atoms with Crippen LogP contribution in [0.4, 0.5) is 23.0 Å². The Balaban J connectivity index is 1.23. The Bertz CT molecular complexity index is 1770. The fourth-order valence-corrected chi connectivity index (χ4v) is 6.20. The molecule has 3 aliphatic rings. The number of nitro groups is 1. The Morgan fingerprint density at radius 3 is 2.45 bits per heavy atom. The first-order chi connectivity index (χ1) is 21.4. The highest BCUT2D eigenvalue weighted by Gasteiger charge is 2.37. The SMILES string of the molecule is O=C1Nc2ccc([N+](=O)[O-])cc2C1C(=Nc1ccc(-c2cnc(N3CCCC3)[nH]2)cc1)c1ccc(CN2CCCC2=O)cc1. The van der Waals surface area contributed by atoms with Gasteiger partial charge < -0.3 is 20.1 Å². The number of imidazole rings is 1. The summed E-state index contributed by atoms with van der Waals surface area (Å²) in [5.74, 6) is -0.108. The van der Waals surface area contributed by atoms with Crippen molar-refractivity contribution >= 4 is 40.5 Å². The van der Waals surface area contributed by atoms with Gasteiger partial charge in [0.2, 0.25) is 17.8 Å². The van der Waals surface area contributed by atoms with Crippen molar-refractivity contribution in [3.05, 3.63) is 99.7 Å². The van der Waals surface area contributed by atoms with Gasteiger partial charge in [0.05, 0.1) is 28.2 Å². The lowest BCUT2D eigenvalue weighted by Gasteiger charge is -2.17. The molecule has 2 N–H and O–H groups in total. The van der Waals surface area contributed by atoms with E-state index in [-0.39, 0.29) is 17.5 Å². The number of nitrogens with one attached hydrogen (secondary N) is 2. The van der Waals surface area contributed by atoms with Crippen molar-refractivity contribution in [1.29, 1.82) is 0 Å². The van der Waals surface area contributed by atoms with E-state index in [1.54, 1.807) is 6.07 Å². The third-order valence-corrected chi connectivity index (χ3v) is 8.54. The summed E-state index contributed by atoms with van der Waals surface area (Å²) in [6.45, 7) is 3.28. The Morgan fingerprint density at radius 1 is 0.977 bits per heavy atom. The minimum Gasteiger partial charge on any atom is -0.342 e. The maximum atomic E-state index is 13.4. The Kier molecular flexibility index (Phi) is 7.13. The van der Waals surface area contributed by atoms with E-state index in [2.05, 4.69) is 20.2 Å². The smallest absolute Gasteiger partial charge is 0.269 e. The van der Waals surface area contributed by atoms with Gasteiger partial charge in [0.15, 0.2) is 0 Å². The van der Waals surface area contributed by atoms with E-state index >= 15 is 0 Å². The second kappa shape index (κ2) is 11.4. The number of amides is 2. The molecule has 11 nitrogen and oxygen atoms in total. The van der Waals surface area contributed by atoms with E-state index in [1.165, 1.54) is 25.0 Å². The molecular weight excluding hydrogens is 558 g/mol. The summed E-state index contributed by atoms with van der Waals surface area (Å²) >= 11 is 0. The van der Waals surface area contributed by atoms with Crippen LogP contribution in [0, 0.1) is 10.1 Å². The first-order valence-corrected chi connectivity index (χ1v) is 14.9. The molecular formula is C33H31N7O4. The molecule has 3 aromatic carbocycles. The molecule has 11 heteroatoms. The number of nitrogens with zero attached hydrogens (tertiary/aromatic N) is 5. The van der Waals surface area contributed by atoms with Gasteiger partial charge in [0.25, 0.3) is 5.69 Å². The van der Waals surface area contributed by atoms with Crippen molar-refractivity contribution in [3.63, 3.8) is 0 Å². The second-order valence-corrected chi connectivity index (χ2v) is 11.4. The fraction of sp³-hybridized carbons (Fsp3) is 0.273. The molecule has 2 saturated heterocycles. The van der Waals surface area contributed by atoms with Crippen LogP contribution in [0.1, 0.15) is 48.3 Å². The number of nitro benzene ring substituents is 1. The molecule has 0 bridgehead atoms. The summed E-state index contributed by atoms with van der Waals surface area (Å²) in [5, 5.41) is 14.4. The summed E-state index contributed by atoms with van der Waals surface area (Å²) in [4.78, 5) is 53.7. The molecule has 1 atom stereocenters. The van der Waals surface area contributed by atoms with Crippen molar-refractivity contribution in [1.82, 2.24) is 14.9 Å². The van der Waals surface area contributed by atoms with Crippen LogP contribution in [0.15, 0.2) is 77.9 Å². The van der Waals surface area contributed by atoms with Gasteiger partial charge in [0.1, 0.15) is 5.92 Å². The minimum atomic E-state index is -0.841. The number of aliphatic imine (C=N–C) groups is 1. The van der Waals surface area contributed by atoms with Gasteiger partial charge in [-0.05, 0) is 54.2 Å². The van der Waals surface area contributed by atoms with Crippen LogP contribution in [-0.4, -0.2) is 57.0 Å². The van der Waals surface area contributed by atoms with Crippen molar-refractivity contribution in [3.8, 4) is 11.3 Å². The topological polar surface area (TPSA) is 137 Å². The first kappa shape index (κ1) is 27.5. The normalized spacial score (nSPS) is 18.2. The van der Waals surface area contributed by atoms with Crippen LogP contribution >= 0.6 is 0 Å². The van der Waals surface area contributed by atoms with E-state index < -0.39 is 10.8 Å². The predicted molar refractivity (Wildman–Crippen MR) is 167 cm³/mol. The average Bonchev–Trinajstić information content (AvgIpc) is 3.84. The second-order valence-electron chi connectivity index (χ2n) is 11.4. The molecule has 2 fully saturated rings.